The van der Waals surface area contributed by atoms with Gasteiger partial charge in [-0.3, -0.25) is 0 Å². The Labute approximate surface area is 87.0 Å². The van der Waals surface area contributed by atoms with E-state index in [1.807, 2.05) is 0 Å². The number of nitriles is 1. The highest BCUT2D eigenvalue weighted by molar-refractivity contribution is 6.29. The molecule has 0 aromatic carbocycles. The maximum absolute atomic E-state index is 11.8. The van der Waals surface area contributed by atoms with Gasteiger partial charge in [0.2, 0.25) is 5.88 Å². The van der Waals surface area contributed by atoms with Gasteiger partial charge < -0.3 is 10.5 Å². The van der Waals surface area contributed by atoms with Crippen molar-refractivity contribution >= 4 is 17.3 Å². The second-order valence-electron chi connectivity index (χ2n) is 2.37. The molecule has 0 spiro atoms. The molecule has 0 bridgehead atoms. The molecule has 0 aliphatic carbocycles. The van der Waals surface area contributed by atoms with E-state index in [4.69, 9.17) is 22.6 Å². The molecule has 0 aliphatic heterocycles. The van der Waals surface area contributed by atoms with Crippen molar-refractivity contribution in [3.8, 4) is 11.9 Å². The van der Waals surface area contributed by atoms with Gasteiger partial charge in [-0.25, -0.2) is 0 Å². The van der Waals surface area contributed by atoms with Gasteiger partial charge in [-0.05, 0) is 6.07 Å². The quantitative estimate of drug-likeness (QED) is 0.759. The number of hydrogen-bond donors (Lipinski definition) is 1. The van der Waals surface area contributed by atoms with Crippen LogP contribution in [-0.4, -0.2) is 11.3 Å². The lowest BCUT2D eigenvalue weighted by Gasteiger charge is -2.10. The molecule has 2 N–H and O–H groups in total. The number of nitrogens with two attached hydrogens (primary N) is 1. The Hall–Kier alpha value is -1.68. The van der Waals surface area contributed by atoms with Crippen molar-refractivity contribution in [2.45, 2.75) is 6.36 Å². The molecule has 1 heterocycles. The number of alkyl halides is 3. The van der Waals surface area contributed by atoms with Gasteiger partial charge in [-0.1, -0.05) is 11.6 Å². The van der Waals surface area contributed by atoms with Crippen LogP contribution in [0.3, 0.4) is 0 Å². The summed E-state index contributed by atoms with van der Waals surface area (Å²) in [5, 5.41) is 8.21. The first kappa shape index (κ1) is 11.4. The number of pyridine rings is 1. The minimum atomic E-state index is -4.93. The number of ether oxygens (including phenoxy) is 1. The van der Waals surface area contributed by atoms with Gasteiger partial charge in [0.25, 0.3) is 0 Å². The van der Waals surface area contributed by atoms with E-state index in [1.165, 1.54) is 0 Å². The Kier molecular flexibility index (Phi) is 2.90. The zero-order chi connectivity index (χ0) is 11.6. The standard InChI is InChI=1S/C7H3ClF3N3O/c8-4-1-3(2-12)5(13)6(14-4)15-7(9,10)11/h1H,13H2. The zero-order valence-electron chi connectivity index (χ0n) is 6.97. The van der Waals surface area contributed by atoms with Crippen LogP contribution < -0.4 is 10.5 Å². The van der Waals surface area contributed by atoms with Gasteiger partial charge in [0.05, 0.1) is 5.56 Å². The molecule has 15 heavy (non-hydrogen) atoms. The Morgan fingerprint density at radius 2 is 2.13 bits per heavy atom. The van der Waals surface area contributed by atoms with E-state index in [9.17, 15) is 13.2 Å². The van der Waals surface area contributed by atoms with Crippen molar-refractivity contribution in [3.63, 3.8) is 0 Å². The molecule has 80 valence electrons. The summed E-state index contributed by atoms with van der Waals surface area (Å²) in [5.74, 6) is -0.924. The molecule has 0 saturated carbocycles. The van der Waals surface area contributed by atoms with Crippen LogP contribution in [-0.2, 0) is 0 Å². The van der Waals surface area contributed by atoms with E-state index in [1.54, 1.807) is 6.07 Å². The van der Waals surface area contributed by atoms with Gasteiger partial charge in [0.1, 0.15) is 16.9 Å². The van der Waals surface area contributed by atoms with Gasteiger partial charge in [-0.2, -0.15) is 10.2 Å². The van der Waals surface area contributed by atoms with Crippen molar-refractivity contribution in [3.05, 3.63) is 16.8 Å². The predicted octanol–water partition coefficient (Wildman–Crippen LogP) is 2.09. The van der Waals surface area contributed by atoms with E-state index >= 15 is 0 Å². The van der Waals surface area contributed by atoms with E-state index in [0.717, 1.165) is 6.07 Å². The first-order valence-electron chi connectivity index (χ1n) is 3.45. The van der Waals surface area contributed by atoms with E-state index in [2.05, 4.69) is 9.72 Å². The molecular weight excluding hydrogens is 235 g/mol. The Bertz CT molecular complexity index is 427. The zero-order valence-corrected chi connectivity index (χ0v) is 7.73. The van der Waals surface area contributed by atoms with Crippen LogP contribution in [0, 0.1) is 11.3 Å². The topological polar surface area (TPSA) is 71.9 Å². The number of nitrogen functional groups attached to an aromatic ring is 1. The van der Waals surface area contributed by atoms with Crippen molar-refractivity contribution < 1.29 is 17.9 Å². The summed E-state index contributed by atoms with van der Waals surface area (Å²) in [5.41, 5.74) is 4.47. The number of halogens is 4. The average Bonchev–Trinajstić information content (AvgIpc) is 2.08. The maximum atomic E-state index is 11.8. The van der Waals surface area contributed by atoms with Crippen LogP contribution in [0.4, 0.5) is 18.9 Å². The third-order valence-electron chi connectivity index (χ3n) is 1.33. The second kappa shape index (κ2) is 3.82. The lowest BCUT2D eigenvalue weighted by molar-refractivity contribution is -0.275. The third kappa shape index (κ3) is 2.89. The van der Waals surface area contributed by atoms with Crippen molar-refractivity contribution in [1.82, 2.24) is 4.98 Å². The lowest BCUT2D eigenvalue weighted by Crippen LogP contribution is -2.19. The molecule has 0 fully saturated rings. The molecule has 0 atom stereocenters. The van der Waals surface area contributed by atoms with E-state index < -0.39 is 17.9 Å². The number of nitrogens with zero attached hydrogens (tertiary/aromatic N) is 2. The van der Waals surface area contributed by atoms with Gasteiger partial charge >= 0.3 is 6.36 Å². The highest BCUT2D eigenvalue weighted by Gasteiger charge is 2.33. The summed E-state index contributed by atoms with van der Waals surface area (Å²) < 4.78 is 39.0. The van der Waals surface area contributed by atoms with Crippen molar-refractivity contribution in [1.29, 1.82) is 5.26 Å². The SMILES string of the molecule is N#Cc1cc(Cl)nc(OC(F)(F)F)c1N. The van der Waals surface area contributed by atoms with Gasteiger partial charge in [-0.15, -0.1) is 13.2 Å². The number of rotatable bonds is 1. The molecule has 0 unspecified atom stereocenters. The lowest BCUT2D eigenvalue weighted by atomic mass is 10.2. The van der Waals surface area contributed by atoms with Gasteiger partial charge in [0.15, 0.2) is 0 Å². The van der Waals surface area contributed by atoms with Gasteiger partial charge in [0, 0.05) is 0 Å². The Morgan fingerprint density at radius 3 is 2.60 bits per heavy atom. The fourth-order valence-corrected chi connectivity index (χ4v) is 0.967. The fraction of sp³-hybridized carbons (Fsp3) is 0.143. The van der Waals surface area contributed by atoms with Crippen LogP contribution in [0.25, 0.3) is 0 Å². The molecule has 4 nitrogen and oxygen atoms in total. The summed E-state index contributed by atoms with van der Waals surface area (Å²) in [4.78, 5) is 3.21. The molecule has 1 rings (SSSR count). The molecule has 1 aromatic rings. The number of aromatic nitrogens is 1. The highest BCUT2D eigenvalue weighted by atomic mass is 35.5. The van der Waals surface area contributed by atoms with Crippen molar-refractivity contribution in [2.75, 3.05) is 5.73 Å². The number of anilines is 1. The smallest absolute Gasteiger partial charge is 0.393 e. The molecule has 1 aromatic heterocycles. The molecule has 0 amide bonds. The molecule has 0 saturated heterocycles. The van der Waals surface area contributed by atoms with Crippen molar-refractivity contribution in [2.24, 2.45) is 0 Å². The minimum Gasteiger partial charge on any atom is -0.393 e. The maximum Gasteiger partial charge on any atom is 0.574 e. The van der Waals surface area contributed by atoms with Crippen LogP contribution in [0.1, 0.15) is 5.56 Å². The summed E-state index contributed by atoms with van der Waals surface area (Å²) in [7, 11) is 0. The van der Waals surface area contributed by atoms with Crippen LogP contribution >= 0.6 is 11.6 Å². The van der Waals surface area contributed by atoms with Crippen LogP contribution in [0.5, 0.6) is 5.88 Å². The summed E-state index contributed by atoms with van der Waals surface area (Å²) in [6, 6.07) is 2.61. The van der Waals surface area contributed by atoms with E-state index in [0.29, 0.717) is 0 Å². The summed E-state index contributed by atoms with van der Waals surface area (Å²) in [6.07, 6.45) is -4.93. The fourth-order valence-electron chi connectivity index (χ4n) is 0.781. The summed E-state index contributed by atoms with van der Waals surface area (Å²) in [6.45, 7) is 0. The summed E-state index contributed by atoms with van der Waals surface area (Å²) >= 11 is 5.36. The van der Waals surface area contributed by atoms with Crippen LogP contribution in [0.15, 0.2) is 6.07 Å². The largest absolute Gasteiger partial charge is 0.574 e. The minimum absolute atomic E-state index is 0.228. The Morgan fingerprint density at radius 1 is 1.53 bits per heavy atom. The monoisotopic (exact) mass is 237 g/mol. The Balaban J connectivity index is 3.20. The highest BCUT2D eigenvalue weighted by Crippen LogP contribution is 2.30. The first-order valence-corrected chi connectivity index (χ1v) is 3.83. The molecule has 8 heteroatoms. The molecule has 0 radical (unpaired) electrons. The molecule has 0 aliphatic rings. The number of hydrogen-bond acceptors (Lipinski definition) is 4. The van der Waals surface area contributed by atoms with E-state index in [-0.39, 0.29) is 10.7 Å². The normalized spacial score (nSPS) is 10.9. The van der Waals surface area contributed by atoms with Crippen LogP contribution in [0.2, 0.25) is 5.15 Å². The predicted molar refractivity (Wildman–Crippen MR) is 45.1 cm³/mol. The second-order valence-corrected chi connectivity index (χ2v) is 2.76. The average molecular weight is 238 g/mol. The first-order chi connectivity index (χ1) is 6.83. The molecular formula is C7H3ClF3N3O. The third-order valence-corrected chi connectivity index (χ3v) is 1.52.